The van der Waals surface area contributed by atoms with E-state index in [4.69, 9.17) is 10.8 Å². The van der Waals surface area contributed by atoms with Crippen molar-refractivity contribution in [2.75, 3.05) is 13.1 Å². The molecule has 0 bridgehead atoms. The average Bonchev–Trinajstić information content (AvgIpc) is 2.16. The summed E-state index contributed by atoms with van der Waals surface area (Å²) in [4.78, 5) is 31.9. The van der Waals surface area contributed by atoms with Crippen molar-refractivity contribution in [3.8, 4) is 0 Å². The first kappa shape index (κ1) is 14.4. The molecule has 0 fully saturated rings. The molecule has 1 unspecified atom stereocenters. The molecule has 0 saturated carbocycles. The number of carbonyl (C=O) groups is 3. The Labute approximate surface area is 93.4 Å². The van der Waals surface area contributed by atoms with Gasteiger partial charge < -0.3 is 21.5 Å². The molecular weight excluding hydrogens is 214 g/mol. The topological polar surface area (TPSA) is 122 Å². The molecule has 7 heteroatoms. The van der Waals surface area contributed by atoms with Crippen molar-refractivity contribution >= 4 is 17.8 Å². The number of carbonyl (C=O) groups excluding carboxylic acids is 2. The van der Waals surface area contributed by atoms with Crippen molar-refractivity contribution < 1.29 is 19.5 Å². The number of carboxylic acids is 1. The Morgan fingerprint density at radius 2 is 1.81 bits per heavy atom. The van der Waals surface area contributed by atoms with Crippen molar-refractivity contribution in [1.82, 2.24) is 10.6 Å². The highest BCUT2D eigenvalue weighted by Crippen LogP contribution is 1.88. The summed E-state index contributed by atoms with van der Waals surface area (Å²) in [6.07, 6.45) is 0.350. The van der Waals surface area contributed by atoms with Gasteiger partial charge in [-0.15, -0.1) is 0 Å². The van der Waals surface area contributed by atoms with E-state index in [1.54, 1.807) is 0 Å². The maximum absolute atomic E-state index is 11.1. The van der Waals surface area contributed by atoms with Gasteiger partial charge in [-0.3, -0.25) is 14.4 Å². The lowest BCUT2D eigenvalue weighted by Crippen LogP contribution is -2.37. The van der Waals surface area contributed by atoms with E-state index in [2.05, 4.69) is 10.6 Å². The fourth-order valence-electron chi connectivity index (χ4n) is 0.940. The Hall–Kier alpha value is -1.63. The van der Waals surface area contributed by atoms with Crippen LogP contribution >= 0.6 is 0 Å². The minimum absolute atomic E-state index is 0.126. The van der Waals surface area contributed by atoms with Crippen LogP contribution in [0.3, 0.4) is 0 Å². The molecule has 0 radical (unpaired) electrons. The van der Waals surface area contributed by atoms with Crippen LogP contribution in [0, 0.1) is 0 Å². The third-order valence-corrected chi connectivity index (χ3v) is 1.77. The zero-order valence-corrected chi connectivity index (χ0v) is 9.16. The van der Waals surface area contributed by atoms with Crippen molar-refractivity contribution in [3.05, 3.63) is 0 Å². The Morgan fingerprint density at radius 1 is 1.25 bits per heavy atom. The van der Waals surface area contributed by atoms with Gasteiger partial charge in [0.05, 0.1) is 6.42 Å². The minimum Gasteiger partial charge on any atom is -0.480 e. The number of carboxylic acid groups (broad SMARTS) is 1. The summed E-state index contributed by atoms with van der Waals surface area (Å²) >= 11 is 0. The maximum atomic E-state index is 11.1. The molecule has 5 N–H and O–H groups in total. The highest BCUT2D eigenvalue weighted by Gasteiger charge is 2.15. The molecule has 0 aromatic heterocycles. The summed E-state index contributed by atoms with van der Waals surface area (Å²) in [5.41, 5.74) is 5.17. The fourth-order valence-corrected chi connectivity index (χ4v) is 0.940. The molecule has 1 atom stereocenters. The lowest BCUT2D eigenvalue weighted by molar-refractivity contribution is -0.140. The Balaban J connectivity index is 3.51. The van der Waals surface area contributed by atoms with E-state index >= 15 is 0 Å². The Kier molecular flexibility index (Phi) is 6.86. The molecule has 0 aliphatic rings. The molecule has 92 valence electrons. The molecule has 0 aliphatic carbocycles. The average molecular weight is 231 g/mol. The van der Waals surface area contributed by atoms with Crippen molar-refractivity contribution in [2.24, 2.45) is 5.73 Å². The van der Waals surface area contributed by atoms with Crippen LogP contribution in [0.15, 0.2) is 0 Å². The summed E-state index contributed by atoms with van der Waals surface area (Å²) in [6.45, 7) is 2.26. The van der Waals surface area contributed by atoms with E-state index in [1.807, 2.05) is 0 Å². The summed E-state index contributed by atoms with van der Waals surface area (Å²) < 4.78 is 0. The second-order valence-electron chi connectivity index (χ2n) is 3.34. The standard InChI is InChI=1S/C9H17N3O4/c1-6(13)11-3-2-4-12-8(14)5-7(10)9(15)16/h7H,2-5,10H2,1H3,(H,11,13)(H,12,14)(H,15,16). The Bertz CT molecular complexity index is 267. The smallest absolute Gasteiger partial charge is 0.321 e. The van der Waals surface area contributed by atoms with Crippen LogP contribution in [0.1, 0.15) is 19.8 Å². The first-order valence-corrected chi connectivity index (χ1v) is 4.93. The summed E-state index contributed by atoms with van der Waals surface area (Å²) in [5, 5.41) is 13.5. The zero-order chi connectivity index (χ0) is 12.6. The fraction of sp³-hybridized carbons (Fsp3) is 0.667. The van der Waals surface area contributed by atoms with E-state index in [1.165, 1.54) is 6.92 Å². The summed E-state index contributed by atoms with van der Waals surface area (Å²) in [5.74, 6) is -1.73. The predicted octanol–water partition coefficient (Wildman–Crippen LogP) is -1.57. The second-order valence-corrected chi connectivity index (χ2v) is 3.34. The molecule has 0 aliphatic heterocycles. The molecule has 2 amide bonds. The van der Waals surface area contributed by atoms with Gasteiger partial charge in [0.1, 0.15) is 6.04 Å². The number of amides is 2. The van der Waals surface area contributed by atoms with Gasteiger partial charge in [-0.1, -0.05) is 0 Å². The summed E-state index contributed by atoms with van der Waals surface area (Å²) in [6, 6.07) is -1.17. The van der Waals surface area contributed by atoms with Crippen LogP contribution in [-0.4, -0.2) is 42.0 Å². The molecule has 0 heterocycles. The number of aliphatic carboxylic acids is 1. The normalized spacial score (nSPS) is 11.6. The molecular formula is C9H17N3O4. The molecule has 16 heavy (non-hydrogen) atoms. The van der Waals surface area contributed by atoms with Crippen LogP contribution in [0.4, 0.5) is 0 Å². The highest BCUT2D eigenvalue weighted by molar-refractivity contribution is 5.84. The van der Waals surface area contributed by atoms with E-state index < -0.39 is 17.9 Å². The van der Waals surface area contributed by atoms with E-state index in [-0.39, 0.29) is 12.3 Å². The maximum Gasteiger partial charge on any atom is 0.321 e. The van der Waals surface area contributed by atoms with Crippen molar-refractivity contribution in [2.45, 2.75) is 25.8 Å². The van der Waals surface area contributed by atoms with Gasteiger partial charge in [0.2, 0.25) is 11.8 Å². The third-order valence-electron chi connectivity index (χ3n) is 1.77. The van der Waals surface area contributed by atoms with Crippen LogP contribution in [0.2, 0.25) is 0 Å². The molecule has 0 rings (SSSR count). The monoisotopic (exact) mass is 231 g/mol. The second kappa shape index (κ2) is 7.63. The minimum atomic E-state index is -1.20. The zero-order valence-electron chi connectivity index (χ0n) is 9.16. The number of nitrogens with two attached hydrogens (primary N) is 1. The van der Waals surface area contributed by atoms with Gasteiger partial charge in [0, 0.05) is 20.0 Å². The summed E-state index contributed by atoms with van der Waals surface area (Å²) in [7, 11) is 0. The van der Waals surface area contributed by atoms with E-state index in [0.717, 1.165) is 0 Å². The SMILES string of the molecule is CC(=O)NCCCNC(=O)CC(N)C(=O)O. The predicted molar refractivity (Wildman–Crippen MR) is 56.5 cm³/mol. The van der Waals surface area contributed by atoms with Crippen LogP contribution < -0.4 is 16.4 Å². The largest absolute Gasteiger partial charge is 0.480 e. The van der Waals surface area contributed by atoms with E-state index in [9.17, 15) is 14.4 Å². The van der Waals surface area contributed by atoms with Gasteiger partial charge in [-0.05, 0) is 6.42 Å². The van der Waals surface area contributed by atoms with Gasteiger partial charge in [-0.2, -0.15) is 0 Å². The third kappa shape index (κ3) is 7.74. The van der Waals surface area contributed by atoms with E-state index in [0.29, 0.717) is 19.5 Å². The number of nitrogens with one attached hydrogen (secondary N) is 2. The van der Waals surface area contributed by atoms with Crippen molar-refractivity contribution in [3.63, 3.8) is 0 Å². The van der Waals surface area contributed by atoms with Crippen molar-refractivity contribution in [1.29, 1.82) is 0 Å². The van der Waals surface area contributed by atoms with Crippen LogP contribution in [0.5, 0.6) is 0 Å². The quantitative estimate of drug-likeness (QED) is 0.394. The number of hydrogen-bond donors (Lipinski definition) is 4. The number of rotatable bonds is 7. The van der Waals surface area contributed by atoms with Gasteiger partial charge >= 0.3 is 5.97 Å². The van der Waals surface area contributed by atoms with Gasteiger partial charge in [0.15, 0.2) is 0 Å². The molecule has 7 nitrogen and oxygen atoms in total. The lowest BCUT2D eigenvalue weighted by atomic mass is 10.2. The Morgan fingerprint density at radius 3 is 2.31 bits per heavy atom. The van der Waals surface area contributed by atoms with Gasteiger partial charge in [-0.25, -0.2) is 0 Å². The van der Waals surface area contributed by atoms with Crippen LogP contribution in [-0.2, 0) is 14.4 Å². The highest BCUT2D eigenvalue weighted by atomic mass is 16.4. The lowest BCUT2D eigenvalue weighted by Gasteiger charge is -2.07. The van der Waals surface area contributed by atoms with Crippen LogP contribution in [0.25, 0.3) is 0 Å². The molecule has 0 spiro atoms. The van der Waals surface area contributed by atoms with Gasteiger partial charge in [0.25, 0.3) is 0 Å². The first-order chi connectivity index (χ1) is 7.43. The number of hydrogen-bond acceptors (Lipinski definition) is 4. The molecule has 0 aromatic rings. The molecule has 0 saturated heterocycles. The first-order valence-electron chi connectivity index (χ1n) is 4.93. The molecule has 0 aromatic carbocycles.